The predicted octanol–water partition coefficient (Wildman–Crippen LogP) is 1.99. The highest BCUT2D eigenvalue weighted by Crippen LogP contribution is 2.25. The molecule has 3 rings (SSSR count). The van der Waals surface area contributed by atoms with Crippen molar-refractivity contribution in [3.05, 3.63) is 72.2 Å². The second kappa shape index (κ2) is 6.03. The number of aromatic nitrogens is 2. The Bertz CT molecular complexity index is 902. The molecule has 0 unspecified atom stereocenters. The van der Waals surface area contributed by atoms with Gasteiger partial charge in [-0.05, 0) is 17.7 Å². The lowest BCUT2D eigenvalue weighted by Gasteiger charge is -2.04. The maximum absolute atomic E-state index is 9.38. The van der Waals surface area contributed by atoms with Gasteiger partial charge in [0.1, 0.15) is 17.7 Å². The molecule has 0 bridgehead atoms. The van der Waals surface area contributed by atoms with Gasteiger partial charge in [0.25, 0.3) is 0 Å². The van der Waals surface area contributed by atoms with Crippen LogP contribution >= 0.6 is 0 Å². The van der Waals surface area contributed by atoms with E-state index in [1.807, 2.05) is 36.5 Å². The van der Waals surface area contributed by atoms with Crippen LogP contribution in [0.3, 0.4) is 0 Å². The summed E-state index contributed by atoms with van der Waals surface area (Å²) in [6, 6.07) is 15.4. The summed E-state index contributed by atoms with van der Waals surface area (Å²) in [6.07, 6.45) is 5.23. The minimum atomic E-state index is 0.226. The van der Waals surface area contributed by atoms with Gasteiger partial charge >= 0.3 is 0 Å². The number of hydrogen-bond donors (Lipinski definition) is 2. The summed E-state index contributed by atoms with van der Waals surface area (Å²) in [5.74, 6) is 6.07. The second-order valence-electron chi connectivity index (χ2n) is 4.89. The molecule has 112 valence electrons. The molecule has 0 aliphatic heterocycles. The van der Waals surface area contributed by atoms with E-state index in [1.165, 1.54) is 0 Å². The molecule has 23 heavy (non-hydrogen) atoms. The standard InChI is InChI=1S/C17H14N6/c18-9-14-10-23(11-15(14)12-4-2-1-3-5-12)16-8-13(6-7-21-16)17(19)22-20/h1-8,10-11H,20H2,(H2,19,22). The number of nitriles is 1. The Morgan fingerprint density at radius 1 is 1.17 bits per heavy atom. The van der Waals surface area contributed by atoms with E-state index in [2.05, 4.69) is 16.2 Å². The van der Waals surface area contributed by atoms with Gasteiger partial charge in [-0.15, -0.1) is 0 Å². The molecule has 6 nitrogen and oxygen atoms in total. The van der Waals surface area contributed by atoms with Crippen molar-refractivity contribution in [1.29, 1.82) is 5.26 Å². The smallest absolute Gasteiger partial charge is 0.150 e. The number of nitrogens with two attached hydrogens (primary N) is 2. The lowest BCUT2D eigenvalue weighted by molar-refractivity contribution is 1.01. The van der Waals surface area contributed by atoms with Crippen LogP contribution in [0.25, 0.3) is 16.9 Å². The summed E-state index contributed by atoms with van der Waals surface area (Å²) in [7, 11) is 0. The van der Waals surface area contributed by atoms with Crippen molar-refractivity contribution in [3.63, 3.8) is 0 Å². The fourth-order valence-corrected chi connectivity index (χ4v) is 2.32. The number of nitrogens with zero attached hydrogens (tertiary/aromatic N) is 4. The van der Waals surface area contributed by atoms with E-state index in [9.17, 15) is 5.26 Å². The topological polar surface area (TPSA) is 106 Å². The highest BCUT2D eigenvalue weighted by molar-refractivity contribution is 5.97. The van der Waals surface area contributed by atoms with Gasteiger partial charge in [0.2, 0.25) is 0 Å². The van der Waals surface area contributed by atoms with E-state index >= 15 is 0 Å². The highest BCUT2D eigenvalue weighted by Gasteiger charge is 2.11. The fraction of sp³-hybridized carbons (Fsp3) is 0. The predicted molar refractivity (Wildman–Crippen MR) is 88.6 cm³/mol. The van der Waals surface area contributed by atoms with E-state index in [4.69, 9.17) is 11.6 Å². The van der Waals surface area contributed by atoms with Crippen LogP contribution in [0, 0.1) is 11.3 Å². The van der Waals surface area contributed by atoms with Crippen LogP contribution in [-0.4, -0.2) is 15.4 Å². The van der Waals surface area contributed by atoms with Crippen LogP contribution in [-0.2, 0) is 0 Å². The summed E-state index contributed by atoms with van der Waals surface area (Å²) in [4.78, 5) is 4.31. The van der Waals surface area contributed by atoms with Crippen LogP contribution < -0.4 is 11.6 Å². The average molecular weight is 302 g/mol. The number of amidine groups is 1. The maximum atomic E-state index is 9.38. The SMILES string of the molecule is N#Cc1cn(-c2cc(/C(N)=N/N)ccn2)cc1-c1ccccc1. The van der Waals surface area contributed by atoms with Gasteiger partial charge in [0.15, 0.2) is 0 Å². The molecule has 0 spiro atoms. The molecular weight excluding hydrogens is 288 g/mol. The van der Waals surface area contributed by atoms with Crippen LogP contribution in [0.5, 0.6) is 0 Å². The molecule has 0 saturated heterocycles. The monoisotopic (exact) mass is 302 g/mol. The van der Waals surface area contributed by atoms with Crippen molar-refractivity contribution < 1.29 is 0 Å². The molecule has 0 saturated carbocycles. The first-order chi connectivity index (χ1) is 11.2. The number of hydrogen-bond acceptors (Lipinski definition) is 4. The zero-order chi connectivity index (χ0) is 16.2. The lowest BCUT2D eigenvalue weighted by atomic mass is 10.1. The summed E-state index contributed by atoms with van der Waals surface area (Å²) in [6.45, 7) is 0. The molecule has 6 heteroatoms. The number of rotatable bonds is 3. The summed E-state index contributed by atoms with van der Waals surface area (Å²) >= 11 is 0. The van der Waals surface area contributed by atoms with Gasteiger partial charge in [0.05, 0.1) is 5.56 Å². The van der Waals surface area contributed by atoms with Crippen molar-refractivity contribution in [3.8, 4) is 23.0 Å². The molecule has 4 N–H and O–H groups in total. The molecule has 3 aromatic rings. The third-order valence-corrected chi connectivity index (χ3v) is 3.48. The van der Waals surface area contributed by atoms with E-state index in [0.29, 0.717) is 16.9 Å². The Morgan fingerprint density at radius 3 is 2.65 bits per heavy atom. The summed E-state index contributed by atoms with van der Waals surface area (Å²) in [5.41, 5.74) is 8.80. The quantitative estimate of drug-likeness (QED) is 0.334. The van der Waals surface area contributed by atoms with Gasteiger partial charge < -0.3 is 16.1 Å². The van der Waals surface area contributed by atoms with Crippen molar-refractivity contribution in [2.24, 2.45) is 16.7 Å². The molecule has 0 aliphatic carbocycles. The normalized spacial score (nSPS) is 11.2. The van der Waals surface area contributed by atoms with Gasteiger partial charge in [-0.1, -0.05) is 30.3 Å². The number of pyridine rings is 1. The Morgan fingerprint density at radius 2 is 1.96 bits per heavy atom. The third kappa shape index (κ3) is 2.76. The van der Waals surface area contributed by atoms with Crippen LogP contribution in [0.4, 0.5) is 0 Å². The number of benzene rings is 1. The molecule has 0 atom stereocenters. The van der Waals surface area contributed by atoms with E-state index in [-0.39, 0.29) is 5.84 Å². The highest BCUT2D eigenvalue weighted by atomic mass is 15.2. The molecule has 2 aromatic heterocycles. The second-order valence-corrected chi connectivity index (χ2v) is 4.89. The first-order valence-electron chi connectivity index (χ1n) is 6.90. The summed E-state index contributed by atoms with van der Waals surface area (Å²) < 4.78 is 1.79. The average Bonchev–Trinajstić information content (AvgIpc) is 3.06. The van der Waals surface area contributed by atoms with Crippen LogP contribution in [0.2, 0.25) is 0 Å². The molecule has 0 amide bonds. The minimum Gasteiger partial charge on any atom is -0.382 e. The molecule has 0 aliphatic rings. The van der Waals surface area contributed by atoms with Crippen LogP contribution in [0.1, 0.15) is 11.1 Å². The molecular formula is C17H14N6. The van der Waals surface area contributed by atoms with Crippen molar-refractivity contribution in [1.82, 2.24) is 9.55 Å². The van der Waals surface area contributed by atoms with E-state index < -0.39 is 0 Å². The Hall–Kier alpha value is -3.59. The molecule has 0 fully saturated rings. The van der Waals surface area contributed by atoms with Crippen molar-refractivity contribution in [2.45, 2.75) is 0 Å². The van der Waals surface area contributed by atoms with Gasteiger partial charge in [0, 0.05) is 29.7 Å². The summed E-state index contributed by atoms with van der Waals surface area (Å²) in [5, 5.41) is 12.9. The zero-order valence-corrected chi connectivity index (χ0v) is 12.2. The lowest BCUT2D eigenvalue weighted by Crippen LogP contribution is -2.16. The van der Waals surface area contributed by atoms with Gasteiger partial charge in [-0.2, -0.15) is 10.4 Å². The number of hydrazone groups is 1. The fourth-order valence-electron chi connectivity index (χ4n) is 2.32. The van der Waals surface area contributed by atoms with Gasteiger partial charge in [-0.25, -0.2) is 4.98 Å². The third-order valence-electron chi connectivity index (χ3n) is 3.48. The zero-order valence-electron chi connectivity index (χ0n) is 12.2. The van der Waals surface area contributed by atoms with Crippen molar-refractivity contribution in [2.75, 3.05) is 0 Å². The Balaban J connectivity index is 2.09. The molecule has 2 heterocycles. The van der Waals surface area contributed by atoms with Gasteiger partial charge in [-0.3, -0.25) is 0 Å². The largest absolute Gasteiger partial charge is 0.382 e. The first-order valence-corrected chi connectivity index (χ1v) is 6.90. The van der Waals surface area contributed by atoms with E-state index in [1.54, 1.807) is 29.1 Å². The van der Waals surface area contributed by atoms with Crippen LogP contribution in [0.15, 0.2) is 66.2 Å². The van der Waals surface area contributed by atoms with Crippen molar-refractivity contribution >= 4 is 5.84 Å². The first kappa shape index (κ1) is 14.4. The minimum absolute atomic E-state index is 0.226. The molecule has 1 aromatic carbocycles. The Labute approximate surface area is 133 Å². The Kier molecular flexibility index (Phi) is 3.77. The maximum Gasteiger partial charge on any atom is 0.150 e. The van der Waals surface area contributed by atoms with E-state index in [0.717, 1.165) is 11.1 Å². The molecule has 0 radical (unpaired) electrons.